The number of hydrogen-bond acceptors (Lipinski definition) is 5. The Hall–Kier alpha value is -1.67. The maximum Gasteiger partial charge on any atom is 0.194 e. The summed E-state index contributed by atoms with van der Waals surface area (Å²) in [6.07, 6.45) is 6.49. The van der Waals surface area contributed by atoms with E-state index in [4.69, 9.17) is 9.73 Å². The van der Waals surface area contributed by atoms with E-state index in [2.05, 4.69) is 39.2 Å². The summed E-state index contributed by atoms with van der Waals surface area (Å²) in [5.74, 6) is 4.56. The van der Waals surface area contributed by atoms with Gasteiger partial charge in [0, 0.05) is 59.5 Å². The Morgan fingerprint density at radius 1 is 1.13 bits per heavy atom. The van der Waals surface area contributed by atoms with E-state index in [0.29, 0.717) is 6.54 Å². The first-order chi connectivity index (χ1) is 15.0. The smallest absolute Gasteiger partial charge is 0.194 e. The number of rotatable bonds is 8. The Balaban J connectivity index is 1.55. The molecule has 0 radical (unpaired) electrons. The zero-order valence-electron chi connectivity index (χ0n) is 20.3. The maximum atomic E-state index is 5.20. The van der Waals surface area contributed by atoms with Gasteiger partial charge in [0.2, 0.25) is 0 Å². The fraction of sp³-hybridized carbons (Fsp3) is 0.870. The highest BCUT2D eigenvalue weighted by Crippen LogP contribution is 2.32. The lowest BCUT2D eigenvalue weighted by molar-refractivity contribution is 0.0863. The van der Waals surface area contributed by atoms with Crippen LogP contribution in [0.1, 0.15) is 57.6 Å². The SMILES string of the molecule is COCCCNC(=NCc1nnc(C)n1C)N1CCN(C2CCC(C(C)C)CC2)CC1. The van der Waals surface area contributed by atoms with E-state index >= 15 is 0 Å². The summed E-state index contributed by atoms with van der Waals surface area (Å²) in [5, 5.41) is 12.0. The van der Waals surface area contributed by atoms with Gasteiger partial charge in [-0.1, -0.05) is 13.8 Å². The first-order valence-electron chi connectivity index (χ1n) is 12.1. The second-order valence-corrected chi connectivity index (χ2v) is 9.47. The van der Waals surface area contributed by atoms with Crippen LogP contribution >= 0.6 is 0 Å². The summed E-state index contributed by atoms with van der Waals surface area (Å²) in [7, 11) is 3.75. The number of guanidine groups is 1. The van der Waals surface area contributed by atoms with Crippen LogP contribution in [0.15, 0.2) is 4.99 Å². The average Bonchev–Trinajstić information content (AvgIpc) is 3.11. The van der Waals surface area contributed by atoms with Crippen molar-refractivity contribution in [2.45, 2.75) is 65.5 Å². The lowest BCUT2D eigenvalue weighted by atomic mass is 9.79. The fourth-order valence-electron chi connectivity index (χ4n) is 4.85. The molecule has 1 saturated carbocycles. The third-order valence-electron chi connectivity index (χ3n) is 7.18. The molecule has 3 rings (SSSR count). The summed E-state index contributed by atoms with van der Waals surface area (Å²) in [6.45, 7) is 13.2. The van der Waals surface area contributed by atoms with E-state index in [1.165, 1.54) is 25.7 Å². The number of piperazine rings is 1. The van der Waals surface area contributed by atoms with Crippen LogP contribution in [0.2, 0.25) is 0 Å². The Kier molecular flexibility index (Phi) is 9.14. The largest absolute Gasteiger partial charge is 0.385 e. The highest BCUT2D eigenvalue weighted by atomic mass is 16.5. The van der Waals surface area contributed by atoms with E-state index < -0.39 is 0 Å². The van der Waals surface area contributed by atoms with Gasteiger partial charge in [0.05, 0.1) is 0 Å². The number of aliphatic imine (C=N–C) groups is 1. The molecule has 1 aliphatic carbocycles. The molecule has 2 heterocycles. The number of hydrogen-bond donors (Lipinski definition) is 1. The summed E-state index contributed by atoms with van der Waals surface area (Å²) < 4.78 is 7.21. The molecule has 2 aliphatic rings. The van der Waals surface area contributed by atoms with Crippen molar-refractivity contribution in [1.82, 2.24) is 29.9 Å². The van der Waals surface area contributed by atoms with Crippen molar-refractivity contribution < 1.29 is 4.74 Å². The van der Waals surface area contributed by atoms with Crippen LogP contribution in [0.4, 0.5) is 0 Å². The van der Waals surface area contributed by atoms with E-state index in [9.17, 15) is 0 Å². The standard InChI is InChI=1S/C23H43N7O/c1-18(2)20-7-9-21(10-8-20)29-12-14-30(15-13-29)23(24-11-6-16-31-5)25-17-22-27-26-19(3)28(22)4/h18,20-21H,6-17H2,1-5H3,(H,24,25). The Morgan fingerprint density at radius 3 is 2.42 bits per heavy atom. The lowest BCUT2D eigenvalue weighted by Crippen LogP contribution is -2.55. The van der Waals surface area contributed by atoms with Crippen LogP contribution in [0, 0.1) is 18.8 Å². The van der Waals surface area contributed by atoms with Gasteiger partial charge in [-0.05, 0) is 50.9 Å². The molecule has 0 amide bonds. The number of methoxy groups -OCH3 is 1. The summed E-state index contributed by atoms with van der Waals surface area (Å²) in [4.78, 5) is 10.0. The molecule has 0 bridgehead atoms. The van der Waals surface area contributed by atoms with Gasteiger partial charge in [0.15, 0.2) is 11.8 Å². The summed E-state index contributed by atoms with van der Waals surface area (Å²) in [6, 6.07) is 0.772. The number of nitrogens with one attached hydrogen (secondary N) is 1. The highest BCUT2D eigenvalue weighted by Gasteiger charge is 2.30. The molecular weight excluding hydrogens is 390 g/mol. The first-order valence-corrected chi connectivity index (χ1v) is 12.1. The van der Waals surface area contributed by atoms with Crippen LogP contribution in [-0.4, -0.2) is 83.0 Å². The van der Waals surface area contributed by atoms with Crippen molar-refractivity contribution in [2.75, 3.05) is 46.4 Å². The van der Waals surface area contributed by atoms with Gasteiger partial charge in [-0.3, -0.25) is 4.90 Å². The monoisotopic (exact) mass is 433 g/mol. The minimum atomic E-state index is 0.545. The van der Waals surface area contributed by atoms with Crippen molar-refractivity contribution >= 4 is 5.96 Å². The number of aryl methyl sites for hydroxylation is 1. The molecule has 2 fully saturated rings. The van der Waals surface area contributed by atoms with Crippen molar-refractivity contribution in [3.63, 3.8) is 0 Å². The van der Waals surface area contributed by atoms with Gasteiger partial charge in [0.25, 0.3) is 0 Å². The second-order valence-electron chi connectivity index (χ2n) is 9.47. The summed E-state index contributed by atoms with van der Waals surface area (Å²) in [5.41, 5.74) is 0. The molecule has 0 unspecified atom stereocenters. The van der Waals surface area contributed by atoms with Gasteiger partial charge in [-0.25, -0.2) is 4.99 Å². The lowest BCUT2D eigenvalue weighted by Gasteiger charge is -2.43. The third kappa shape index (κ3) is 6.65. The molecule has 8 heteroatoms. The summed E-state index contributed by atoms with van der Waals surface area (Å²) >= 11 is 0. The molecule has 1 aliphatic heterocycles. The molecule has 1 saturated heterocycles. The molecule has 1 aromatic heterocycles. The van der Waals surface area contributed by atoms with Crippen molar-refractivity contribution in [3.8, 4) is 0 Å². The normalized spacial score (nSPS) is 23.5. The van der Waals surface area contributed by atoms with Gasteiger partial charge >= 0.3 is 0 Å². The molecule has 31 heavy (non-hydrogen) atoms. The second kappa shape index (κ2) is 11.8. The molecular formula is C23H43N7O. The third-order valence-corrected chi connectivity index (χ3v) is 7.18. The van der Waals surface area contributed by atoms with E-state index in [0.717, 1.165) is 81.2 Å². The van der Waals surface area contributed by atoms with Crippen LogP contribution in [0.25, 0.3) is 0 Å². The van der Waals surface area contributed by atoms with Crippen LogP contribution in [-0.2, 0) is 18.3 Å². The van der Waals surface area contributed by atoms with E-state index in [1.807, 2.05) is 18.5 Å². The Bertz CT molecular complexity index is 686. The Morgan fingerprint density at radius 2 is 1.84 bits per heavy atom. The highest BCUT2D eigenvalue weighted by molar-refractivity contribution is 5.80. The molecule has 0 spiro atoms. The minimum absolute atomic E-state index is 0.545. The zero-order chi connectivity index (χ0) is 22.2. The van der Waals surface area contributed by atoms with E-state index in [1.54, 1.807) is 7.11 Å². The molecule has 0 atom stereocenters. The van der Waals surface area contributed by atoms with Gasteiger partial charge in [-0.2, -0.15) is 0 Å². The number of ether oxygens (including phenoxy) is 1. The molecule has 1 N–H and O–H groups in total. The molecule has 176 valence electrons. The predicted octanol–water partition coefficient (Wildman–Crippen LogP) is 2.44. The molecule has 1 aromatic rings. The van der Waals surface area contributed by atoms with Crippen LogP contribution in [0.5, 0.6) is 0 Å². The molecule has 8 nitrogen and oxygen atoms in total. The predicted molar refractivity (Wildman–Crippen MR) is 125 cm³/mol. The first kappa shape index (κ1) is 24.0. The van der Waals surface area contributed by atoms with E-state index in [-0.39, 0.29) is 0 Å². The number of nitrogens with zero attached hydrogens (tertiary/aromatic N) is 6. The molecule has 0 aromatic carbocycles. The fourth-order valence-corrected chi connectivity index (χ4v) is 4.85. The van der Waals surface area contributed by atoms with Crippen LogP contribution < -0.4 is 5.32 Å². The van der Waals surface area contributed by atoms with Crippen LogP contribution in [0.3, 0.4) is 0 Å². The minimum Gasteiger partial charge on any atom is -0.385 e. The average molecular weight is 434 g/mol. The Labute approximate surface area is 188 Å². The topological polar surface area (TPSA) is 70.8 Å². The van der Waals surface area contributed by atoms with Crippen molar-refractivity contribution in [1.29, 1.82) is 0 Å². The van der Waals surface area contributed by atoms with Gasteiger partial charge in [0.1, 0.15) is 12.4 Å². The van der Waals surface area contributed by atoms with Gasteiger partial charge < -0.3 is 19.5 Å². The zero-order valence-corrected chi connectivity index (χ0v) is 20.3. The number of aromatic nitrogens is 3. The van der Waals surface area contributed by atoms with Crippen molar-refractivity contribution in [3.05, 3.63) is 11.6 Å². The van der Waals surface area contributed by atoms with Crippen molar-refractivity contribution in [2.24, 2.45) is 23.9 Å². The maximum absolute atomic E-state index is 5.20. The quantitative estimate of drug-likeness (QED) is 0.386. The van der Waals surface area contributed by atoms with Gasteiger partial charge in [-0.15, -0.1) is 10.2 Å².